The Kier molecular flexibility index (Phi) is 5.01. The molecule has 0 bridgehead atoms. The van der Waals surface area contributed by atoms with Gasteiger partial charge in [0.25, 0.3) is 0 Å². The summed E-state index contributed by atoms with van der Waals surface area (Å²) in [5, 5.41) is 8.64. The van der Waals surface area contributed by atoms with Crippen LogP contribution in [-0.2, 0) is 9.53 Å². The first-order chi connectivity index (χ1) is 7.13. The van der Waals surface area contributed by atoms with E-state index in [9.17, 15) is 4.79 Å². The zero-order chi connectivity index (χ0) is 11.3. The average Bonchev–Trinajstić information content (AvgIpc) is 2.26. The Labute approximate surface area is 90.2 Å². The van der Waals surface area contributed by atoms with Crippen molar-refractivity contribution in [2.45, 2.75) is 31.9 Å². The number of morpholine rings is 1. The van der Waals surface area contributed by atoms with Crippen LogP contribution in [0.1, 0.15) is 19.8 Å². The molecule has 1 rings (SSSR count). The molecular weight excluding hydrogens is 196 g/mol. The number of carboxylic acids is 1. The molecule has 2 unspecified atom stereocenters. The Morgan fingerprint density at radius 2 is 2.47 bits per heavy atom. The van der Waals surface area contributed by atoms with Gasteiger partial charge in [-0.05, 0) is 12.8 Å². The normalized spacial score (nSPS) is 25.1. The summed E-state index contributed by atoms with van der Waals surface area (Å²) in [6.45, 7) is 5.34. The maximum Gasteiger partial charge on any atom is 0.320 e. The number of hydrogen-bond donors (Lipinski definition) is 2. The molecule has 0 aromatic carbocycles. The molecule has 88 valence electrons. The molecule has 0 radical (unpaired) electrons. The van der Waals surface area contributed by atoms with E-state index in [1.807, 2.05) is 0 Å². The van der Waals surface area contributed by atoms with Gasteiger partial charge in [0, 0.05) is 19.6 Å². The van der Waals surface area contributed by atoms with Crippen molar-refractivity contribution in [3.8, 4) is 0 Å². The molecule has 1 aliphatic heterocycles. The summed E-state index contributed by atoms with van der Waals surface area (Å²) in [6.07, 6.45) is 1.80. The molecule has 0 aliphatic carbocycles. The molecule has 0 aromatic rings. The van der Waals surface area contributed by atoms with Crippen molar-refractivity contribution in [3.63, 3.8) is 0 Å². The number of nitrogens with zero attached hydrogens (tertiary/aromatic N) is 1. The van der Waals surface area contributed by atoms with Crippen molar-refractivity contribution in [1.29, 1.82) is 0 Å². The second kappa shape index (κ2) is 6.05. The second-order valence-electron chi connectivity index (χ2n) is 3.94. The zero-order valence-corrected chi connectivity index (χ0v) is 9.19. The molecule has 1 heterocycles. The van der Waals surface area contributed by atoms with Crippen molar-refractivity contribution in [1.82, 2.24) is 4.90 Å². The van der Waals surface area contributed by atoms with Gasteiger partial charge in [-0.1, -0.05) is 6.92 Å². The lowest BCUT2D eigenvalue weighted by Gasteiger charge is -2.32. The predicted molar refractivity (Wildman–Crippen MR) is 56.7 cm³/mol. The van der Waals surface area contributed by atoms with Gasteiger partial charge in [0.1, 0.15) is 6.04 Å². The molecule has 0 amide bonds. The third-order valence-corrected chi connectivity index (χ3v) is 2.75. The topological polar surface area (TPSA) is 75.8 Å². The highest BCUT2D eigenvalue weighted by Gasteiger charge is 2.20. The SMILES string of the molecule is CCC1CN(CCC(N)C(=O)O)CCO1. The molecule has 15 heavy (non-hydrogen) atoms. The highest BCUT2D eigenvalue weighted by atomic mass is 16.5. The Hall–Kier alpha value is -0.650. The van der Waals surface area contributed by atoms with Crippen molar-refractivity contribution >= 4 is 5.97 Å². The molecule has 2 atom stereocenters. The molecule has 5 nitrogen and oxygen atoms in total. The molecule has 1 saturated heterocycles. The Morgan fingerprint density at radius 3 is 3.07 bits per heavy atom. The van der Waals surface area contributed by atoms with E-state index in [2.05, 4.69) is 11.8 Å². The minimum atomic E-state index is -0.921. The van der Waals surface area contributed by atoms with E-state index < -0.39 is 12.0 Å². The first-order valence-corrected chi connectivity index (χ1v) is 5.45. The quantitative estimate of drug-likeness (QED) is 0.671. The van der Waals surface area contributed by atoms with Crippen LogP contribution in [0, 0.1) is 0 Å². The maximum absolute atomic E-state index is 10.5. The van der Waals surface area contributed by atoms with Gasteiger partial charge in [-0.3, -0.25) is 9.69 Å². The van der Waals surface area contributed by atoms with E-state index in [0.29, 0.717) is 12.5 Å². The van der Waals surface area contributed by atoms with Crippen LogP contribution in [0.2, 0.25) is 0 Å². The van der Waals surface area contributed by atoms with Gasteiger partial charge in [0.05, 0.1) is 12.7 Å². The maximum atomic E-state index is 10.5. The van der Waals surface area contributed by atoms with E-state index in [4.69, 9.17) is 15.6 Å². The fourth-order valence-electron chi connectivity index (χ4n) is 1.68. The van der Waals surface area contributed by atoms with E-state index in [-0.39, 0.29) is 0 Å². The number of hydrogen-bond acceptors (Lipinski definition) is 4. The summed E-state index contributed by atoms with van der Waals surface area (Å²) in [7, 11) is 0. The van der Waals surface area contributed by atoms with Crippen LogP contribution in [0.4, 0.5) is 0 Å². The third kappa shape index (κ3) is 4.15. The fourth-order valence-corrected chi connectivity index (χ4v) is 1.68. The lowest BCUT2D eigenvalue weighted by atomic mass is 10.2. The van der Waals surface area contributed by atoms with Gasteiger partial charge in [0.15, 0.2) is 0 Å². The van der Waals surface area contributed by atoms with Crippen LogP contribution in [0.15, 0.2) is 0 Å². The standard InChI is InChI=1S/C10H20N2O3/c1-2-8-7-12(5-6-15-8)4-3-9(11)10(13)14/h8-9H,2-7,11H2,1H3,(H,13,14). The molecule has 5 heteroatoms. The molecule has 0 aromatic heterocycles. The minimum Gasteiger partial charge on any atom is -0.480 e. The summed E-state index contributed by atoms with van der Waals surface area (Å²) in [4.78, 5) is 12.7. The summed E-state index contributed by atoms with van der Waals surface area (Å²) < 4.78 is 5.52. The number of nitrogens with two attached hydrogens (primary N) is 1. The highest BCUT2D eigenvalue weighted by molar-refractivity contribution is 5.72. The fraction of sp³-hybridized carbons (Fsp3) is 0.900. The summed E-state index contributed by atoms with van der Waals surface area (Å²) in [5.41, 5.74) is 5.44. The number of rotatable bonds is 5. The van der Waals surface area contributed by atoms with Crippen molar-refractivity contribution in [2.24, 2.45) is 5.73 Å². The lowest BCUT2D eigenvalue weighted by Crippen LogP contribution is -2.44. The van der Waals surface area contributed by atoms with Gasteiger partial charge in [-0.2, -0.15) is 0 Å². The molecular formula is C10H20N2O3. The van der Waals surface area contributed by atoms with Crippen molar-refractivity contribution in [2.75, 3.05) is 26.2 Å². The zero-order valence-electron chi connectivity index (χ0n) is 9.19. The highest BCUT2D eigenvalue weighted by Crippen LogP contribution is 2.08. The first kappa shape index (κ1) is 12.4. The minimum absolute atomic E-state index is 0.291. The van der Waals surface area contributed by atoms with E-state index in [1.54, 1.807) is 0 Å². The lowest BCUT2D eigenvalue weighted by molar-refractivity contribution is -0.138. The van der Waals surface area contributed by atoms with E-state index >= 15 is 0 Å². The molecule has 3 N–H and O–H groups in total. The van der Waals surface area contributed by atoms with Crippen LogP contribution in [-0.4, -0.2) is 54.4 Å². The number of aliphatic carboxylic acids is 1. The van der Waals surface area contributed by atoms with Crippen LogP contribution < -0.4 is 5.73 Å². The monoisotopic (exact) mass is 216 g/mol. The van der Waals surface area contributed by atoms with Gasteiger partial charge in [-0.25, -0.2) is 0 Å². The van der Waals surface area contributed by atoms with Crippen LogP contribution in [0.3, 0.4) is 0 Å². The Morgan fingerprint density at radius 1 is 1.73 bits per heavy atom. The van der Waals surface area contributed by atoms with Crippen LogP contribution >= 0.6 is 0 Å². The smallest absolute Gasteiger partial charge is 0.320 e. The second-order valence-corrected chi connectivity index (χ2v) is 3.94. The van der Waals surface area contributed by atoms with Crippen LogP contribution in [0.25, 0.3) is 0 Å². The third-order valence-electron chi connectivity index (χ3n) is 2.75. The van der Waals surface area contributed by atoms with E-state index in [1.165, 1.54) is 0 Å². The molecule has 1 aliphatic rings. The van der Waals surface area contributed by atoms with Crippen LogP contribution in [0.5, 0.6) is 0 Å². The molecule has 0 saturated carbocycles. The largest absolute Gasteiger partial charge is 0.480 e. The van der Waals surface area contributed by atoms with Gasteiger partial charge in [0.2, 0.25) is 0 Å². The van der Waals surface area contributed by atoms with Gasteiger partial charge < -0.3 is 15.6 Å². The number of carbonyl (C=O) groups is 1. The molecule has 0 spiro atoms. The summed E-state index contributed by atoms with van der Waals surface area (Å²) in [6, 6.07) is -0.743. The molecule has 1 fully saturated rings. The Balaban J connectivity index is 2.23. The first-order valence-electron chi connectivity index (χ1n) is 5.45. The van der Waals surface area contributed by atoms with Gasteiger partial charge >= 0.3 is 5.97 Å². The number of ether oxygens (including phenoxy) is 1. The van der Waals surface area contributed by atoms with Crippen molar-refractivity contribution < 1.29 is 14.6 Å². The summed E-state index contributed by atoms with van der Waals surface area (Å²) >= 11 is 0. The van der Waals surface area contributed by atoms with Gasteiger partial charge in [-0.15, -0.1) is 0 Å². The Bertz CT molecular complexity index is 211. The summed E-state index contributed by atoms with van der Waals surface area (Å²) in [5.74, 6) is -0.921. The average molecular weight is 216 g/mol. The van der Waals surface area contributed by atoms with E-state index in [0.717, 1.165) is 32.7 Å². The number of carboxylic acid groups (broad SMARTS) is 1. The van der Waals surface area contributed by atoms with Crippen molar-refractivity contribution in [3.05, 3.63) is 0 Å². The predicted octanol–water partition coefficient (Wildman–Crippen LogP) is -0.101.